The zero-order chi connectivity index (χ0) is 28.7. The smallest absolute Gasteiger partial charge is 0.338 e. The number of hydrogen-bond donors (Lipinski definition) is 3. The van der Waals surface area contributed by atoms with Gasteiger partial charge in [0.1, 0.15) is 23.9 Å². The largest absolute Gasteiger partial charge is 0.455 e. The Kier molecular flexibility index (Phi) is 6.23. The molecule has 1 aromatic rings. The summed E-state index contributed by atoms with van der Waals surface area (Å²) >= 11 is 0. The number of aliphatic hydroxyl groups excluding tert-OH is 2. The van der Waals surface area contributed by atoms with Crippen molar-refractivity contribution in [1.29, 1.82) is 0 Å². The van der Waals surface area contributed by atoms with Crippen molar-refractivity contribution in [1.82, 2.24) is 0 Å². The van der Waals surface area contributed by atoms with Crippen molar-refractivity contribution in [2.75, 3.05) is 6.61 Å². The van der Waals surface area contributed by atoms with Gasteiger partial charge < -0.3 is 29.5 Å². The van der Waals surface area contributed by atoms with E-state index in [1.165, 1.54) is 32.9 Å². The fourth-order valence-corrected chi connectivity index (χ4v) is 7.48. The van der Waals surface area contributed by atoms with Crippen LogP contribution in [0.15, 0.2) is 41.5 Å². The maximum Gasteiger partial charge on any atom is 0.338 e. The summed E-state index contributed by atoms with van der Waals surface area (Å²) < 4.78 is 17.6. The number of allylic oxidation sites excluding steroid dienone is 1. The molecule has 3 N–H and O–H groups in total. The highest BCUT2D eigenvalue weighted by molar-refractivity contribution is 6.02. The van der Waals surface area contributed by atoms with Crippen LogP contribution in [0, 0.1) is 16.7 Å². The highest BCUT2D eigenvalue weighted by Crippen LogP contribution is 2.63. The van der Waals surface area contributed by atoms with Crippen molar-refractivity contribution in [3.63, 3.8) is 0 Å². The van der Waals surface area contributed by atoms with Crippen LogP contribution in [0.4, 0.5) is 0 Å². The molecule has 0 radical (unpaired) electrons. The minimum Gasteiger partial charge on any atom is -0.455 e. The predicted molar refractivity (Wildman–Crippen MR) is 134 cm³/mol. The summed E-state index contributed by atoms with van der Waals surface area (Å²) in [6, 6.07) is 8.01. The van der Waals surface area contributed by atoms with Gasteiger partial charge in [-0.2, -0.15) is 0 Å². The lowest BCUT2D eigenvalue weighted by Gasteiger charge is -2.67. The van der Waals surface area contributed by atoms with Crippen molar-refractivity contribution >= 4 is 23.5 Å². The lowest BCUT2D eigenvalue weighted by molar-refractivity contribution is -0.344. The average molecular weight is 543 g/mol. The van der Waals surface area contributed by atoms with E-state index in [1.54, 1.807) is 32.0 Å². The fourth-order valence-electron chi connectivity index (χ4n) is 7.48. The highest BCUT2D eigenvalue weighted by Gasteiger charge is 2.77. The third-order valence-electron chi connectivity index (χ3n) is 9.77. The summed E-state index contributed by atoms with van der Waals surface area (Å²) in [5, 5.41) is 35.5. The standard InChI is InChI=1S/C29H34O10/c1-14-17(31)12-29(36)24(38-25(35)16-9-7-6-8-10-16)22-27(5,23(34)21(33)20(14)26(29,3)4)18(32)11-19-28(22,13-37-19)39-15(2)30/h6-10,18-19,21-22,24,32-33,36H,11-13H2,1-5H3/t18-,19+,21-,22-,24-,27+,28-,29+/m0/s1. The molecule has 5 rings (SSSR count). The summed E-state index contributed by atoms with van der Waals surface area (Å²) in [6.45, 7) is 7.05. The van der Waals surface area contributed by atoms with Crippen LogP contribution < -0.4 is 0 Å². The molecule has 0 spiro atoms. The molecule has 0 aromatic heterocycles. The van der Waals surface area contributed by atoms with Gasteiger partial charge >= 0.3 is 11.9 Å². The van der Waals surface area contributed by atoms with Crippen molar-refractivity contribution < 1.29 is 48.7 Å². The van der Waals surface area contributed by atoms with Crippen LogP contribution >= 0.6 is 0 Å². The molecule has 1 saturated heterocycles. The zero-order valence-electron chi connectivity index (χ0n) is 22.6. The highest BCUT2D eigenvalue weighted by atomic mass is 16.6. The molecular formula is C29H34O10. The van der Waals surface area contributed by atoms with Crippen molar-refractivity contribution in [2.45, 2.75) is 83.1 Å². The van der Waals surface area contributed by atoms with E-state index in [4.69, 9.17) is 14.2 Å². The minimum atomic E-state index is -2.17. The van der Waals surface area contributed by atoms with Crippen LogP contribution in [0.1, 0.15) is 57.8 Å². The SMILES string of the molecule is CC(=O)O[C@@]12CO[C@@H]1C[C@H](O)[C@@]1(C)C(=O)[C@@H](O)C3=C(C)C(=O)C[C@@](O)([C@@H](OC(=O)c4ccccc4)[C@H]21)C3(C)C. The van der Waals surface area contributed by atoms with E-state index in [9.17, 15) is 34.5 Å². The Morgan fingerprint density at radius 2 is 1.72 bits per heavy atom. The van der Waals surface area contributed by atoms with E-state index in [0.717, 1.165) is 0 Å². The molecule has 2 bridgehead atoms. The second kappa shape index (κ2) is 8.79. The molecule has 10 heteroatoms. The molecule has 2 saturated carbocycles. The summed E-state index contributed by atoms with van der Waals surface area (Å²) in [6.07, 6.45) is -6.37. The van der Waals surface area contributed by atoms with Gasteiger partial charge in [-0.25, -0.2) is 4.79 Å². The molecule has 210 valence electrons. The molecule has 3 aliphatic carbocycles. The van der Waals surface area contributed by atoms with E-state index in [1.807, 2.05) is 0 Å². The van der Waals surface area contributed by atoms with Crippen LogP contribution in [0.2, 0.25) is 0 Å². The molecule has 3 fully saturated rings. The number of hydrogen-bond acceptors (Lipinski definition) is 10. The third-order valence-corrected chi connectivity index (χ3v) is 9.77. The van der Waals surface area contributed by atoms with Crippen molar-refractivity contribution in [2.24, 2.45) is 16.7 Å². The molecule has 1 aliphatic heterocycles. The summed E-state index contributed by atoms with van der Waals surface area (Å²) in [7, 11) is 0. The van der Waals surface area contributed by atoms with Crippen LogP contribution in [0.25, 0.3) is 0 Å². The second-order valence-corrected chi connectivity index (χ2v) is 12.0. The number of ether oxygens (including phenoxy) is 3. The zero-order valence-corrected chi connectivity index (χ0v) is 22.6. The average Bonchev–Trinajstić information content (AvgIpc) is 2.87. The molecule has 4 aliphatic rings. The van der Waals surface area contributed by atoms with E-state index in [0.29, 0.717) is 0 Å². The summed E-state index contributed by atoms with van der Waals surface area (Å²) in [5.41, 5.74) is -6.78. The van der Waals surface area contributed by atoms with Gasteiger partial charge in [0.15, 0.2) is 17.2 Å². The Labute approximate surface area is 225 Å². The number of carbonyl (C=O) groups excluding carboxylic acids is 4. The molecule has 8 atom stereocenters. The van der Waals surface area contributed by atoms with Gasteiger partial charge in [-0.15, -0.1) is 0 Å². The summed E-state index contributed by atoms with van der Waals surface area (Å²) in [4.78, 5) is 53.5. The number of rotatable bonds is 3. The number of ketones is 2. The van der Waals surface area contributed by atoms with E-state index < -0.39 is 82.3 Å². The van der Waals surface area contributed by atoms with Gasteiger partial charge in [0, 0.05) is 25.2 Å². The van der Waals surface area contributed by atoms with Gasteiger partial charge in [-0.1, -0.05) is 32.0 Å². The predicted octanol–water partition coefficient (Wildman–Crippen LogP) is 1.29. The molecule has 0 amide bonds. The first kappa shape index (κ1) is 27.6. The monoisotopic (exact) mass is 542 g/mol. The van der Waals surface area contributed by atoms with Gasteiger partial charge in [-0.3, -0.25) is 14.4 Å². The molecule has 0 unspecified atom stereocenters. The van der Waals surface area contributed by atoms with E-state index >= 15 is 0 Å². The van der Waals surface area contributed by atoms with Gasteiger partial charge in [0.25, 0.3) is 0 Å². The Balaban J connectivity index is 1.82. The minimum absolute atomic E-state index is 0.00686. The Morgan fingerprint density at radius 1 is 1.08 bits per heavy atom. The van der Waals surface area contributed by atoms with Crippen LogP contribution in [-0.4, -0.2) is 81.0 Å². The molecule has 1 heterocycles. The summed E-state index contributed by atoms with van der Waals surface area (Å²) in [5.74, 6) is -4.26. The number of fused-ring (bicyclic) bond motifs is 5. The number of carbonyl (C=O) groups is 4. The molecule has 10 nitrogen and oxygen atoms in total. The normalized spacial score (nSPS) is 40.9. The maximum absolute atomic E-state index is 14.3. The lowest BCUT2D eigenvalue weighted by atomic mass is 9.45. The Morgan fingerprint density at radius 3 is 2.28 bits per heavy atom. The first-order chi connectivity index (χ1) is 18.1. The van der Waals surface area contributed by atoms with Crippen LogP contribution in [0.3, 0.4) is 0 Å². The Bertz CT molecular complexity index is 1280. The van der Waals surface area contributed by atoms with Crippen molar-refractivity contribution in [3.05, 3.63) is 47.0 Å². The van der Waals surface area contributed by atoms with Crippen LogP contribution in [0.5, 0.6) is 0 Å². The van der Waals surface area contributed by atoms with E-state index in [2.05, 4.69) is 0 Å². The number of aliphatic hydroxyl groups is 3. The number of Topliss-reactive ketones (excluding diaryl/α,β-unsaturated/α-hetero) is 2. The van der Waals surface area contributed by atoms with Crippen LogP contribution in [-0.2, 0) is 28.6 Å². The molecular weight excluding hydrogens is 508 g/mol. The lowest BCUT2D eigenvalue weighted by Crippen LogP contribution is -2.81. The second-order valence-electron chi connectivity index (χ2n) is 12.0. The fraction of sp³-hybridized carbons (Fsp3) is 0.586. The van der Waals surface area contributed by atoms with Crippen molar-refractivity contribution in [3.8, 4) is 0 Å². The first-order valence-electron chi connectivity index (χ1n) is 13.1. The van der Waals surface area contributed by atoms with Gasteiger partial charge in [0.2, 0.25) is 0 Å². The van der Waals surface area contributed by atoms with Gasteiger partial charge in [0.05, 0.1) is 29.6 Å². The molecule has 1 aromatic carbocycles. The third kappa shape index (κ3) is 3.54. The topological polar surface area (TPSA) is 157 Å². The van der Waals surface area contributed by atoms with Gasteiger partial charge in [-0.05, 0) is 37.1 Å². The number of esters is 2. The van der Waals surface area contributed by atoms with E-state index in [-0.39, 0.29) is 29.7 Å². The quantitative estimate of drug-likeness (QED) is 0.476. The molecule has 39 heavy (non-hydrogen) atoms. The Hall–Kier alpha value is -2.92. The number of benzene rings is 1. The first-order valence-corrected chi connectivity index (χ1v) is 13.1. The maximum atomic E-state index is 14.3.